The maximum atomic E-state index is 9.51. The van der Waals surface area contributed by atoms with Crippen LogP contribution in [0, 0.1) is 0 Å². The second kappa shape index (κ2) is 4.52. The molecule has 64 valence electrons. The minimum atomic E-state index is -0.282. The first-order chi connectivity index (χ1) is 5.34. The second-order valence-electron chi connectivity index (χ2n) is 3.00. The summed E-state index contributed by atoms with van der Waals surface area (Å²) in [4.78, 5) is 0. The molecule has 2 heteroatoms. The van der Waals surface area contributed by atoms with E-state index in [4.69, 9.17) is 4.74 Å². The van der Waals surface area contributed by atoms with E-state index in [-0.39, 0.29) is 12.2 Å². The zero-order valence-corrected chi connectivity index (χ0v) is 6.83. The van der Waals surface area contributed by atoms with Crippen LogP contribution in [0.2, 0.25) is 0 Å². The molecule has 0 bridgehead atoms. The van der Waals surface area contributed by atoms with Gasteiger partial charge < -0.3 is 9.84 Å². The van der Waals surface area contributed by atoms with E-state index in [1.165, 1.54) is 0 Å². The highest BCUT2D eigenvalue weighted by Gasteiger charge is 2.20. The van der Waals surface area contributed by atoms with Crippen LogP contribution in [-0.2, 0) is 4.74 Å². The molecule has 1 fully saturated rings. The van der Waals surface area contributed by atoms with E-state index in [0.717, 1.165) is 32.3 Å². The molecule has 0 saturated carbocycles. The maximum absolute atomic E-state index is 9.51. The Morgan fingerprint density at radius 2 is 2.36 bits per heavy atom. The third-order valence-electron chi connectivity index (χ3n) is 2.05. The van der Waals surface area contributed by atoms with Gasteiger partial charge in [-0.1, -0.05) is 6.08 Å². The molecule has 0 aromatic heterocycles. The maximum Gasteiger partial charge on any atom is 0.0868 e. The topological polar surface area (TPSA) is 29.5 Å². The summed E-state index contributed by atoms with van der Waals surface area (Å²) < 4.78 is 5.43. The third kappa shape index (κ3) is 2.64. The molecular formula is C9H16O2. The Labute approximate surface area is 67.9 Å². The summed E-state index contributed by atoms with van der Waals surface area (Å²) in [5.74, 6) is 0. The van der Waals surface area contributed by atoms with Crippen LogP contribution in [0.3, 0.4) is 0 Å². The predicted octanol–water partition coefficient (Wildman–Crippen LogP) is 1.49. The number of ether oxygens (including phenoxy) is 1. The van der Waals surface area contributed by atoms with Crippen molar-refractivity contribution in [3.8, 4) is 0 Å². The largest absolute Gasteiger partial charge is 0.390 e. The van der Waals surface area contributed by atoms with Crippen molar-refractivity contribution in [1.82, 2.24) is 0 Å². The first-order valence-corrected chi connectivity index (χ1v) is 4.25. The summed E-state index contributed by atoms with van der Waals surface area (Å²) in [6, 6.07) is 0. The Morgan fingerprint density at radius 3 is 3.09 bits per heavy atom. The molecule has 1 aliphatic heterocycles. The van der Waals surface area contributed by atoms with Gasteiger partial charge in [0.05, 0.1) is 12.2 Å². The van der Waals surface area contributed by atoms with E-state index in [0.29, 0.717) is 0 Å². The third-order valence-corrected chi connectivity index (χ3v) is 2.05. The van der Waals surface area contributed by atoms with Crippen LogP contribution >= 0.6 is 0 Å². The SMILES string of the molecule is C=CC[C@@H]1OCCCC[C@H]1O. The van der Waals surface area contributed by atoms with Gasteiger partial charge in [0, 0.05) is 6.61 Å². The molecule has 0 aromatic rings. The number of rotatable bonds is 2. The van der Waals surface area contributed by atoms with Crippen LogP contribution in [0.1, 0.15) is 25.7 Å². The Morgan fingerprint density at radius 1 is 1.55 bits per heavy atom. The van der Waals surface area contributed by atoms with Crippen molar-refractivity contribution in [1.29, 1.82) is 0 Å². The van der Waals surface area contributed by atoms with Crippen molar-refractivity contribution in [3.05, 3.63) is 12.7 Å². The van der Waals surface area contributed by atoms with Gasteiger partial charge in [-0.15, -0.1) is 6.58 Å². The van der Waals surface area contributed by atoms with E-state index in [1.807, 2.05) is 0 Å². The Hall–Kier alpha value is -0.340. The van der Waals surface area contributed by atoms with Gasteiger partial charge in [-0.3, -0.25) is 0 Å². The van der Waals surface area contributed by atoms with Crippen LogP contribution < -0.4 is 0 Å². The van der Waals surface area contributed by atoms with Crippen LogP contribution in [0.5, 0.6) is 0 Å². The molecule has 1 saturated heterocycles. The normalized spacial score (nSPS) is 32.8. The van der Waals surface area contributed by atoms with E-state index in [9.17, 15) is 5.11 Å². The highest BCUT2D eigenvalue weighted by molar-refractivity contribution is 4.80. The van der Waals surface area contributed by atoms with Crippen molar-refractivity contribution in [3.63, 3.8) is 0 Å². The minimum Gasteiger partial charge on any atom is -0.390 e. The number of aliphatic hydroxyl groups excluding tert-OH is 1. The van der Waals surface area contributed by atoms with Gasteiger partial charge >= 0.3 is 0 Å². The van der Waals surface area contributed by atoms with Gasteiger partial charge in [0.15, 0.2) is 0 Å². The molecule has 0 amide bonds. The average molecular weight is 156 g/mol. The van der Waals surface area contributed by atoms with Gasteiger partial charge in [0.25, 0.3) is 0 Å². The Balaban J connectivity index is 2.38. The lowest BCUT2D eigenvalue weighted by molar-refractivity contribution is -0.0228. The molecule has 0 radical (unpaired) electrons. The van der Waals surface area contributed by atoms with Gasteiger partial charge in [0.1, 0.15) is 0 Å². The van der Waals surface area contributed by atoms with Gasteiger partial charge in [-0.05, 0) is 25.7 Å². The minimum absolute atomic E-state index is 0.00463. The summed E-state index contributed by atoms with van der Waals surface area (Å²) in [6.45, 7) is 4.42. The quantitative estimate of drug-likeness (QED) is 0.614. The highest BCUT2D eigenvalue weighted by Crippen LogP contribution is 2.16. The van der Waals surface area contributed by atoms with E-state index in [2.05, 4.69) is 6.58 Å². The molecule has 0 spiro atoms. The van der Waals surface area contributed by atoms with Gasteiger partial charge in [-0.2, -0.15) is 0 Å². The fourth-order valence-corrected chi connectivity index (χ4v) is 1.38. The van der Waals surface area contributed by atoms with Crippen molar-refractivity contribution in [2.24, 2.45) is 0 Å². The zero-order valence-electron chi connectivity index (χ0n) is 6.83. The average Bonchev–Trinajstić information content (AvgIpc) is 2.18. The van der Waals surface area contributed by atoms with Crippen LogP contribution in [0.25, 0.3) is 0 Å². The number of hydrogen-bond donors (Lipinski definition) is 1. The molecule has 1 heterocycles. The highest BCUT2D eigenvalue weighted by atomic mass is 16.5. The monoisotopic (exact) mass is 156 g/mol. The fourth-order valence-electron chi connectivity index (χ4n) is 1.38. The first-order valence-electron chi connectivity index (χ1n) is 4.25. The predicted molar refractivity (Wildman–Crippen MR) is 44.4 cm³/mol. The van der Waals surface area contributed by atoms with Crippen molar-refractivity contribution >= 4 is 0 Å². The number of aliphatic hydroxyl groups is 1. The van der Waals surface area contributed by atoms with Crippen molar-refractivity contribution in [2.45, 2.75) is 37.9 Å². The molecular weight excluding hydrogens is 140 g/mol. The van der Waals surface area contributed by atoms with E-state index >= 15 is 0 Å². The van der Waals surface area contributed by atoms with Crippen LogP contribution in [0.15, 0.2) is 12.7 Å². The standard InChI is InChI=1S/C9H16O2/c1-2-5-9-8(10)6-3-4-7-11-9/h2,8-10H,1,3-7H2/t8-,9+/m1/s1. The molecule has 2 atom stereocenters. The Kier molecular flexibility index (Phi) is 3.60. The van der Waals surface area contributed by atoms with Crippen LogP contribution in [0.4, 0.5) is 0 Å². The smallest absolute Gasteiger partial charge is 0.0868 e. The van der Waals surface area contributed by atoms with Crippen molar-refractivity contribution < 1.29 is 9.84 Å². The number of hydrogen-bond acceptors (Lipinski definition) is 2. The van der Waals surface area contributed by atoms with Crippen LogP contribution in [-0.4, -0.2) is 23.9 Å². The molecule has 0 unspecified atom stereocenters. The van der Waals surface area contributed by atoms with Gasteiger partial charge in [0.2, 0.25) is 0 Å². The lowest BCUT2D eigenvalue weighted by Gasteiger charge is -2.18. The molecule has 0 aromatic carbocycles. The molecule has 1 aliphatic rings. The van der Waals surface area contributed by atoms with Crippen molar-refractivity contribution in [2.75, 3.05) is 6.61 Å². The lowest BCUT2D eigenvalue weighted by Crippen LogP contribution is -2.26. The fraction of sp³-hybridized carbons (Fsp3) is 0.778. The molecule has 1 N–H and O–H groups in total. The molecule has 11 heavy (non-hydrogen) atoms. The summed E-state index contributed by atoms with van der Waals surface area (Å²) in [7, 11) is 0. The lowest BCUT2D eigenvalue weighted by atomic mass is 10.1. The molecule has 0 aliphatic carbocycles. The molecule has 1 rings (SSSR count). The molecule has 2 nitrogen and oxygen atoms in total. The Bertz CT molecular complexity index is 123. The zero-order chi connectivity index (χ0) is 8.10. The summed E-state index contributed by atoms with van der Waals surface area (Å²) in [5.41, 5.74) is 0. The van der Waals surface area contributed by atoms with Gasteiger partial charge in [-0.25, -0.2) is 0 Å². The summed E-state index contributed by atoms with van der Waals surface area (Å²) >= 11 is 0. The first kappa shape index (κ1) is 8.75. The summed E-state index contributed by atoms with van der Waals surface area (Å²) in [5, 5.41) is 9.51. The summed E-state index contributed by atoms with van der Waals surface area (Å²) in [6.07, 6.45) is 5.31. The van der Waals surface area contributed by atoms with E-state index in [1.54, 1.807) is 6.08 Å². The van der Waals surface area contributed by atoms with E-state index < -0.39 is 0 Å². The second-order valence-corrected chi connectivity index (χ2v) is 3.00.